The predicted molar refractivity (Wildman–Crippen MR) is 120 cm³/mol. The van der Waals surface area contributed by atoms with Crippen LogP contribution in [-0.4, -0.2) is 0 Å². The first-order valence-corrected chi connectivity index (χ1v) is 9.54. The Balaban J connectivity index is 1.53. The van der Waals surface area contributed by atoms with E-state index in [1.54, 1.807) is 0 Å². The van der Waals surface area contributed by atoms with Crippen LogP contribution in [0.5, 0.6) is 0 Å². The van der Waals surface area contributed by atoms with Crippen molar-refractivity contribution < 1.29 is 0 Å². The lowest BCUT2D eigenvalue weighted by Crippen LogP contribution is -1.83. The van der Waals surface area contributed by atoms with Gasteiger partial charge in [0, 0.05) is 0 Å². The van der Waals surface area contributed by atoms with Crippen molar-refractivity contribution in [2.24, 2.45) is 0 Å². The number of hydrogen-bond acceptors (Lipinski definition) is 0. The highest BCUT2D eigenvalue weighted by atomic mass is 14.1. The lowest BCUT2D eigenvalue weighted by molar-refractivity contribution is 1.68. The minimum absolute atomic E-state index is 1.16. The number of benzene rings is 6. The van der Waals surface area contributed by atoms with Gasteiger partial charge in [-0.1, -0.05) is 72.8 Å². The third-order valence-corrected chi connectivity index (χ3v) is 5.52. The first kappa shape index (κ1) is 15.4. The highest BCUT2D eigenvalue weighted by Gasteiger charge is 2.05. The van der Waals surface area contributed by atoms with Gasteiger partial charge in [-0.3, -0.25) is 0 Å². The Labute approximate surface area is 163 Å². The predicted octanol–water partition coefficient (Wildman–Crippen LogP) is 7.57. The molecule has 28 heavy (non-hydrogen) atoms. The molecule has 0 amide bonds. The number of hydrogen-bond donors (Lipinski definition) is 0. The minimum atomic E-state index is 1.16. The molecule has 0 heteroatoms. The molecule has 0 aliphatic carbocycles. The molecule has 0 nitrogen and oxygen atoms in total. The van der Waals surface area contributed by atoms with Crippen LogP contribution in [-0.2, 0) is 0 Å². The van der Waals surface area contributed by atoms with Crippen molar-refractivity contribution in [1.29, 1.82) is 0 Å². The molecule has 0 fully saturated rings. The summed E-state index contributed by atoms with van der Waals surface area (Å²) in [7, 11) is 0. The van der Waals surface area contributed by atoms with Crippen LogP contribution in [0.3, 0.4) is 0 Å². The maximum atomic E-state index is 3.53. The van der Waals surface area contributed by atoms with Crippen LogP contribution in [0, 0.1) is 12.1 Å². The Kier molecular flexibility index (Phi) is 3.27. The van der Waals surface area contributed by atoms with Gasteiger partial charge in [0.15, 0.2) is 0 Å². The van der Waals surface area contributed by atoms with Gasteiger partial charge in [-0.2, -0.15) is 0 Å². The van der Waals surface area contributed by atoms with Crippen molar-refractivity contribution in [3.8, 4) is 11.1 Å². The molecule has 0 saturated carbocycles. The second-order valence-corrected chi connectivity index (χ2v) is 7.32. The van der Waals surface area contributed by atoms with E-state index in [1.165, 1.54) is 32.7 Å². The lowest BCUT2D eigenvalue weighted by atomic mass is 9.96. The molecule has 0 aliphatic heterocycles. The summed E-state index contributed by atoms with van der Waals surface area (Å²) >= 11 is 0. The van der Waals surface area contributed by atoms with Crippen molar-refractivity contribution in [3.63, 3.8) is 0 Å². The monoisotopic (exact) mass is 352 g/mol. The third kappa shape index (κ3) is 2.46. The molecule has 0 aliphatic rings. The minimum Gasteiger partial charge on any atom is -0.0616 e. The Morgan fingerprint density at radius 2 is 0.786 bits per heavy atom. The van der Waals surface area contributed by atoms with E-state index in [0.29, 0.717) is 0 Å². The molecule has 0 atom stereocenters. The van der Waals surface area contributed by atoms with Crippen LogP contribution >= 0.6 is 0 Å². The Hall–Kier alpha value is -3.64. The molecule has 6 aromatic carbocycles. The van der Waals surface area contributed by atoms with Gasteiger partial charge in [0.2, 0.25) is 0 Å². The molecular formula is C28H16. The molecule has 0 heterocycles. The second-order valence-electron chi connectivity index (χ2n) is 7.32. The van der Waals surface area contributed by atoms with E-state index in [9.17, 15) is 0 Å². The lowest BCUT2D eigenvalue weighted by Gasteiger charge is -2.08. The van der Waals surface area contributed by atoms with Gasteiger partial charge in [0.1, 0.15) is 0 Å². The summed E-state index contributed by atoms with van der Waals surface area (Å²) < 4.78 is 0. The Bertz CT molecular complexity index is 1390. The van der Waals surface area contributed by atoms with E-state index in [4.69, 9.17) is 0 Å². The number of rotatable bonds is 1. The van der Waals surface area contributed by atoms with Crippen molar-refractivity contribution in [1.82, 2.24) is 0 Å². The van der Waals surface area contributed by atoms with Crippen LogP contribution in [0.4, 0.5) is 0 Å². The molecule has 0 spiro atoms. The Morgan fingerprint density at radius 1 is 0.357 bits per heavy atom. The molecule has 0 saturated heterocycles. The summed E-state index contributed by atoms with van der Waals surface area (Å²) in [6.45, 7) is 0. The van der Waals surface area contributed by atoms with Crippen LogP contribution in [0.15, 0.2) is 97.1 Å². The summed E-state index contributed by atoms with van der Waals surface area (Å²) in [5, 5.41) is 9.54. The summed E-state index contributed by atoms with van der Waals surface area (Å²) in [6.07, 6.45) is 0. The van der Waals surface area contributed by atoms with E-state index < -0.39 is 0 Å². The van der Waals surface area contributed by atoms with E-state index in [0.717, 1.165) is 21.5 Å². The van der Waals surface area contributed by atoms with E-state index in [-0.39, 0.29) is 0 Å². The van der Waals surface area contributed by atoms with Crippen molar-refractivity contribution in [3.05, 3.63) is 109 Å². The third-order valence-electron chi connectivity index (χ3n) is 5.52. The molecule has 0 N–H and O–H groups in total. The van der Waals surface area contributed by atoms with Crippen LogP contribution in [0.2, 0.25) is 0 Å². The zero-order chi connectivity index (χ0) is 18.5. The van der Waals surface area contributed by atoms with E-state index in [1.807, 2.05) is 0 Å². The van der Waals surface area contributed by atoms with Crippen LogP contribution in [0.25, 0.3) is 54.2 Å². The first-order valence-electron chi connectivity index (χ1n) is 9.54. The zero-order valence-electron chi connectivity index (χ0n) is 15.2. The molecule has 0 unspecified atom stereocenters. The topological polar surface area (TPSA) is 0 Å². The van der Waals surface area contributed by atoms with Gasteiger partial charge in [-0.05, 0) is 90.6 Å². The van der Waals surface area contributed by atoms with E-state index in [2.05, 4.69) is 109 Å². The van der Waals surface area contributed by atoms with Gasteiger partial charge >= 0.3 is 0 Å². The molecule has 6 rings (SSSR count). The average molecular weight is 352 g/mol. The van der Waals surface area contributed by atoms with Gasteiger partial charge in [-0.25, -0.2) is 0 Å². The van der Waals surface area contributed by atoms with Gasteiger partial charge < -0.3 is 0 Å². The summed E-state index contributed by atoms with van der Waals surface area (Å²) in [5.41, 5.74) is 2.46. The number of fused-ring (bicyclic) bond motifs is 4. The molecular weight excluding hydrogens is 336 g/mol. The fourth-order valence-corrected chi connectivity index (χ4v) is 4.05. The highest BCUT2D eigenvalue weighted by Crippen LogP contribution is 2.30. The summed E-state index contributed by atoms with van der Waals surface area (Å²) in [4.78, 5) is 0. The molecule has 0 bridgehead atoms. The average Bonchev–Trinajstić information content (AvgIpc) is 2.75. The first-order chi connectivity index (χ1) is 13.8. The fraction of sp³-hybridized carbons (Fsp3) is 0. The standard InChI is InChI=1S/C28H16/c1-3-7-21-15-27-17-23(9-11-25(27)13-19(21)5-1)24-10-12-26-14-20-6-2-4-8-22(20)16-28(26)18-24/h1-12,15-18H. The fourth-order valence-electron chi connectivity index (χ4n) is 4.05. The van der Waals surface area contributed by atoms with Crippen LogP contribution < -0.4 is 0 Å². The smallest absolute Gasteiger partial charge is 0.00143 e. The van der Waals surface area contributed by atoms with Crippen molar-refractivity contribution in [2.45, 2.75) is 0 Å². The maximum absolute atomic E-state index is 3.53. The van der Waals surface area contributed by atoms with Gasteiger partial charge in [0.05, 0.1) is 0 Å². The molecule has 2 radical (unpaired) electrons. The highest BCUT2D eigenvalue weighted by molar-refractivity contribution is 6.01. The maximum Gasteiger partial charge on any atom is -0.00143 e. The van der Waals surface area contributed by atoms with Gasteiger partial charge in [-0.15, -0.1) is 0 Å². The normalized spacial score (nSPS) is 11.6. The molecule has 6 aromatic rings. The van der Waals surface area contributed by atoms with Crippen molar-refractivity contribution >= 4 is 43.1 Å². The quantitative estimate of drug-likeness (QED) is 0.268. The van der Waals surface area contributed by atoms with Crippen LogP contribution in [0.1, 0.15) is 0 Å². The largest absolute Gasteiger partial charge is 0.0616 e. The summed E-state index contributed by atoms with van der Waals surface area (Å²) in [6, 6.07) is 41.7. The van der Waals surface area contributed by atoms with Gasteiger partial charge in [0.25, 0.3) is 0 Å². The van der Waals surface area contributed by atoms with E-state index >= 15 is 0 Å². The zero-order valence-corrected chi connectivity index (χ0v) is 15.2. The second kappa shape index (κ2) is 5.94. The van der Waals surface area contributed by atoms with Crippen molar-refractivity contribution in [2.75, 3.05) is 0 Å². The molecule has 128 valence electrons. The Morgan fingerprint density at radius 3 is 1.29 bits per heavy atom. The summed E-state index contributed by atoms with van der Waals surface area (Å²) in [5.74, 6) is 0. The SMILES string of the molecule is [c]1c2ccccc2cc2cc(-c3ccc4[c]c5ccccc5cc4c3)ccc12. The molecule has 0 aromatic heterocycles.